The van der Waals surface area contributed by atoms with Crippen LogP contribution in [0.25, 0.3) is 0 Å². The van der Waals surface area contributed by atoms with E-state index in [0.29, 0.717) is 6.01 Å². The first-order chi connectivity index (χ1) is 6.22. The van der Waals surface area contributed by atoms with E-state index in [-0.39, 0.29) is 0 Å². The molecule has 0 bridgehead atoms. The summed E-state index contributed by atoms with van der Waals surface area (Å²) in [5.74, 6) is 0.721. The molecule has 1 heterocycles. The smallest absolute Gasteiger partial charge is 0.321 e. The summed E-state index contributed by atoms with van der Waals surface area (Å²) in [6.45, 7) is 7.31. The highest BCUT2D eigenvalue weighted by Crippen LogP contribution is 2.05. The maximum absolute atomic E-state index is 5.28. The molecule has 3 heteroatoms. The fraction of sp³-hybridized carbons (Fsp3) is 0.200. The van der Waals surface area contributed by atoms with E-state index in [1.807, 2.05) is 13.8 Å². The van der Waals surface area contributed by atoms with Crippen LogP contribution in [0.4, 0.5) is 0 Å². The maximum Gasteiger partial charge on any atom is 0.321 e. The van der Waals surface area contributed by atoms with Gasteiger partial charge in [-0.1, -0.05) is 12.7 Å². The van der Waals surface area contributed by atoms with Crippen molar-refractivity contribution in [1.29, 1.82) is 0 Å². The number of aromatic nitrogens is 2. The van der Waals surface area contributed by atoms with Crippen LogP contribution in [-0.4, -0.2) is 9.97 Å². The van der Waals surface area contributed by atoms with Gasteiger partial charge in [0.05, 0.1) is 0 Å². The van der Waals surface area contributed by atoms with Gasteiger partial charge in [-0.3, -0.25) is 0 Å². The molecule has 0 N–H and O–H groups in total. The topological polar surface area (TPSA) is 35.0 Å². The lowest BCUT2D eigenvalue weighted by atomic mass is 10.4. The monoisotopic (exact) mass is 176 g/mol. The molecule has 68 valence electrons. The zero-order valence-electron chi connectivity index (χ0n) is 7.82. The van der Waals surface area contributed by atoms with Crippen LogP contribution >= 0.6 is 0 Å². The summed E-state index contributed by atoms with van der Waals surface area (Å²) < 4.78 is 5.28. The summed E-state index contributed by atoms with van der Waals surface area (Å²) in [6, 6.07) is 0.362. The lowest BCUT2D eigenvalue weighted by Gasteiger charge is -2.01. The van der Waals surface area contributed by atoms with Crippen molar-refractivity contribution in [3.05, 3.63) is 42.4 Å². The molecule has 0 aliphatic heterocycles. The Kier molecular flexibility index (Phi) is 3.20. The minimum atomic E-state index is 0.362. The minimum Gasteiger partial charge on any atom is -0.429 e. The van der Waals surface area contributed by atoms with Crippen molar-refractivity contribution in [1.82, 2.24) is 9.97 Å². The van der Waals surface area contributed by atoms with Crippen LogP contribution in [-0.2, 0) is 0 Å². The molecule has 0 radical (unpaired) electrons. The fourth-order valence-electron chi connectivity index (χ4n) is 0.777. The van der Waals surface area contributed by atoms with Crippen molar-refractivity contribution in [2.24, 2.45) is 0 Å². The molecule has 0 fully saturated rings. The lowest BCUT2D eigenvalue weighted by molar-refractivity contribution is 0.392. The molecule has 1 rings (SSSR count). The van der Waals surface area contributed by atoms with Gasteiger partial charge in [-0.15, -0.1) is 0 Å². The first-order valence-electron chi connectivity index (χ1n) is 3.98. The Bertz CT molecular complexity index is 314. The van der Waals surface area contributed by atoms with E-state index in [1.165, 1.54) is 0 Å². The normalized spacial score (nSPS) is 11.1. The molecule has 13 heavy (non-hydrogen) atoms. The van der Waals surface area contributed by atoms with Gasteiger partial charge in [-0.2, -0.15) is 0 Å². The first-order valence-corrected chi connectivity index (χ1v) is 3.98. The second kappa shape index (κ2) is 4.40. The summed E-state index contributed by atoms with van der Waals surface area (Å²) in [5.41, 5.74) is 1.01. The van der Waals surface area contributed by atoms with E-state index >= 15 is 0 Å². The van der Waals surface area contributed by atoms with Crippen LogP contribution in [0, 0.1) is 6.92 Å². The van der Waals surface area contributed by atoms with Crippen molar-refractivity contribution in [2.45, 2.75) is 13.8 Å². The molecule has 0 saturated carbocycles. The Morgan fingerprint density at radius 2 is 2.08 bits per heavy atom. The van der Waals surface area contributed by atoms with Gasteiger partial charge in [0.2, 0.25) is 0 Å². The molecular formula is C10H12N2O. The fourth-order valence-corrected chi connectivity index (χ4v) is 0.777. The Hall–Kier alpha value is -1.64. The highest BCUT2D eigenvalue weighted by molar-refractivity contribution is 5.09. The largest absolute Gasteiger partial charge is 0.429 e. The van der Waals surface area contributed by atoms with Crippen LogP contribution in [0.15, 0.2) is 36.9 Å². The summed E-state index contributed by atoms with van der Waals surface area (Å²) in [7, 11) is 0. The van der Waals surface area contributed by atoms with E-state index in [2.05, 4.69) is 16.5 Å². The zero-order valence-corrected chi connectivity index (χ0v) is 7.82. The lowest BCUT2D eigenvalue weighted by Crippen LogP contribution is -1.95. The average Bonchev–Trinajstić information content (AvgIpc) is 2.09. The van der Waals surface area contributed by atoms with E-state index in [1.54, 1.807) is 24.5 Å². The molecule has 0 saturated heterocycles. The number of allylic oxidation sites excluding steroid dienone is 3. The third-order valence-electron chi connectivity index (χ3n) is 1.36. The Balaban J connectivity index is 2.69. The predicted molar refractivity (Wildman–Crippen MR) is 51.4 cm³/mol. The number of hydrogen-bond acceptors (Lipinski definition) is 3. The van der Waals surface area contributed by atoms with Gasteiger partial charge in [0.1, 0.15) is 5.76 Å². The molecule has 0 aliphatic rings. The summed E-state index contributed by atoms with van der Waals surface area (Å²) in [4.78, 5) is 7.98. The SMILES string of the molecule is C=C/C=C(\C)Oc1ncc(C)cn1. The second-order valence-corrected chi connectivity index (χ2v) is 2.66. The summed E-state index contributed by atoms with van der Waals surface area (Å²) in [5, 5.41) is 0. The Morgan fingerprint density at radius 3 is 2.62 bits per heavy atom. The number of nitrogens with zero attached hydrogens (tertiary/aromatic N) is 2. The van der Waals surface area contributed by atoms with Crippen molar-refractivity contribution >= 4 is 0 Å². The average molecular weight is 176 g/mol. The minimum absolute atomic E-state index is 0.362. The van der Waals surface area contributed by atoms with Crippen LogP contribution in [0.1, 0.15) is 12.5 Å². The van der Waals surface area contributed by atoms with Gasteiger partial charge in [-0.05, 0) is 25.5 Å². The summed E-state index contributed by atoms with van der Waals surface area (Å²) >= 11 is 0. The summed E-state index contributed by atoms with van der Waals surface area (Å²) in [6.07, 6.45) is 6.83. The van der Waals surface area contributed by atoms with E-state index in [9.17, 15) is 0 Å². The van der Waals surface area contributed by atoms with E-state index in [0.717, 1.165) is 11.3 Å². The molecule has 1 aromatic heterocycles. The van der Waals surface area contributed by atoms with Gasteiger partial charge >= 0.3 is 6.01 Å². The van der Waals surface area contributed by atoms with Crippen LogP contribution in [0.5, 0.6) is 6.01 Å². The highest BCUT2D eigenvalue weighted by atomic mass is 16.5. The van der Waals surface area contributed by atoms with Gasteiger partial charge in [0.25, 0.3) is 0 Å². The molecule has 0 atom stereocenters. The maximum atomic E-state index is 5.28. The Morgan fingerprint density at radius 1 is 1.46 bits per heavy atom. The molecule has 0 amide bonds. The molecule has 0 aliphatic carbocycles. The zero-order chi connectivity index (χ0) is 9.68. The standard InChI is InChI=1S/C10H12N2O/c1-4-5-9(3)13-10-11-6-8(2)7-12-10/h4-7H,1H2,2-3H3/b9-5+. The molecule has 0 aromatic carbocycles. The van der Waals surface area contributed by atoms with Gasteiger partial charge in [0.15, 0.2) is 0 Å². The molecule has 3 nitrogen and oxygen atoms in total. The molecule has 0 unspecified atom stereocenters. The quantitative estimate of drug-likeness (QED) is 0.523. The predicted octanol–water partition coefficient (Wildman–Crippen LogP) is 2.25. The van der Waals surface area contributed by atoms with Crippen LogP contribution in [0.3, 0.4) is 0 Å². The van der Waals surface area contributed by atoms with E-state index in [4.69, 9.17) is 4.74 Å². The van der Waals surface area contributed by atoms with Crippen molar-refractivity contribution in [3.8, 4) is 6.01 Å². The van der Waals surface area contributed by atoms with E-state index < -0.39 is 0 Å². The highest BCUT2D eigenvalue weighted by Gasteiger charge is 1.96. The van der Waals surface area contributed by atoms with Gasteiger partial charge in [0, 0.05) is 12.4 Å². The number of aryl methyl sites for hydroxylation is 1. The number of ether oxygens (including phenoxy) is 1. The Labute approximate surface area is 77.8 Å². The first kappa shape index (κ1) is 9.45. The molecular weight excluding hydrogens is 164 g/mol. The van der Waals surface area contributed by atoms with Crippen molar-refractivity contribution < 1.29 is 4.74 Å². The number of hydrogen-bond donors (Lipinski definition) is 0. The molecule has 1 aromatic rings. The van der Waals surface area contributed by atoms with Crippen LogP contribution < -0.4 is 4.74 Å². The third kappa shape index (κ3) is 3.07. The number of rotatable bonds is 3. The molecule has 0 spiro atoms. The second-order valence-electron chi connectivity index (χ2n) is 2.66. The van der Waals surface area contributed by atoms with Crippen molar-refractivity contribution in [2.75, 3.05) is 0 Å². The van der Waals surface area contributed by atoms with Crippen LogP contribution in [0.2, 0.25) is 0 Å². The third-order valence-corrected chi connectivity index (χ3v) is 1.36. The van der Waals surface area contributed by atoms with Gasteiger partial charge in [-0.25, -0.2) is 9.97 Å². The van der Waals surface area contributed by atoms with Gasteiger partial charge < -0.3 is 4.74 Å². The van der Waals surface area contributed by atoms with Crippen molar-refractivity contribution in [3.63, 3.8) is 0 Å².